The molecule has 25 heavy (non-hydrogen) atoms. The Balaban J connectivity index is 1.74. The predicted molar refractivity (Wildman–Crippen MR) is 102 cm³/mol. The van der Waals surface area contributed by atoms with E-state index in [1.807, 2.05) is 13.0 Å². The van der Waals surface area contributed by atoms with E-state index in [2.05, 4.69) is 5.32 Å². The first-order valence-corrected chi connectivity index (χ1v) is 8.81. The van der Waals surface area contributed by atoms with Gasteiger partial charge in [0.15, 0.2) is 0 Å². The molecule has 1 aliphatic rings. The van der Waals surface area contributed by atoms with Crippen molar-refractivity contribution in [2.45, 2.75) is 13.3 Å². The fourth-order valence-corrected chi connectivity index (χ4v) is 3.29. The van der Waals surface area contributed by atoms with Crippen molar-refractivity contribution in [2.24, 2.45) is 5.92 Å². The van der Waals surface area contributed by atoms with E-state index in [0.717, 1.165) is 11.3 Å². The Morgan fingerprint density at radius 1 is 1.12 bits per heavy atom. The lowest BCUT2D eigenvalue weighted by Gasteiger charge is -2.19. The maximum atomic E-state index is 12.5. The minimum Gasteiger partial charge on any atom is -0.326 e. The molecule has 4 nitrogen and oxygen atoms in total. The molecule has 0 radical (unpaired) electrons. The summed E-state index contributed by atoms with van der Waals surface area (Å²) in [6.07, 6.45) is 0.152. The molecule has 2 aromatic rings. The smallest absolute Gasteiger partial charge is 0.229 e. The van der Waals surface area contributed by atoms with Crippen LogP contribution in [0.15, 0.2) is 36.4 Å². The van der Waals surface area contributed by atoms with Crippen LogP contribution in [0.5, 0.6) is 0 Å². The summed E-state index contributed by atoms with van der Waals surface area (Å²) in [5, 5.41) is 4.15. The van der Waals surface area contributed by atoms with E-state index in [9.17, 15) is 9.59 Å². The van der Waals surface area contributed by atoms with Gasteiger partial charge in [-0.1, -0.05) is 40.9 Å². The van der Waals surface area contributed by atoms with Gasteiger partial charge in [-0.25, -0.2) is 0 Å². The van der Waals surface area contributed by atoms with Crippen LogP contribution in [0.4, 0.5) is 11.4 Å². The van der Waals surface area contributed by atoms with Gasteiger partial charge in [-0.05, 0) is 42.8 Å². The van der Waals surface area contributed by atoms with Crippen molar-refractivity contribution < 1.29 is 9.59 Å². The Morgan fingerprint density at radius 2 is 1.88 bits per heavy atom. The Hall–Kier alpha value is -1.75. The third kappa shape index (κ3) is 3.76. The average molecular weight is 398 g/mol. The Bertz CT molecular complexity index is 854. The third-order valence-electron chi connectivity index (χ3n) is 4.21. The van der Waals surface area contributed by atoms with Crippen molar-refractivity contribution in [1.29, 1.82) is 0 Å². The molecule has 0 spiro atoms. The lowest BCUT2D eigenvalue weighted by Crippen LogP contribution is -2.28. The molecule has 2 aromatic carbocycles. The van der Waals surface area contributed by atoms with Crippen LogP contribution in [-0.4, -0.2) is 18.4 Å². The van der Waals surface area contributed by atoms with E-state index in [1.165, 1.54) is 0 Å². The molecule has 0 bridgehead atoms. The summed E-state index contributed by atoms with van der Waals surface area (Å²) in [5.41, 5.74) is 2.11. The van der Waals surface area contributed by atoms with Crippen LogP contribution in [0.2, 0.25) is 15.1 Å². The molecular formula is C18H15Cl3N2O2. The summed E-state index contributed by atoms with van der Waals surface area (Å²) in [5.74, 6) is -0.770. The van der Waals surface area contributed by atoms with Gasteiger partial charge in [-0.3, -0.25) is 9.59 Å². The van der Waals surface area contributed by atoms with Gasteiger partial charge in [0.25, 0.3) is 0 Å². The fourth-order valence-electron chi connectivity index (χ4n) is 2.82. The number of benzene rings is 2. The second-order valence-electron chi connectivity index (χ2n) is 5.91. The van der Waals surface area contributed by atoms with E-state index >= 15 is 0 Å². The van der Waals surface area contributed by atoms with Gasteiger partial charge in [0.05, 0.1) is 16.0 Å². The molecule has 0 saturated carbocycles. The van der Waals surface area contributed by atoms with Crippen LogP contribution < -0.4 is 10.2 Å². The normalized spacial score (nSPS) is 17.0. The van der Waals surface area contributed by atoms with Gasteiger partial charge in [-0.2, -0.15) is 0 Å². The van der Waals surface area contributed by atoms with Gasteiger partial charge >= 0.3 is 0 Å². The maximum Gasteiger partial charge on any atom is 0.229 e. The highest BCUT2D eigenvalue weighted by atomic mass is 35.5. The second kappa shape index (κ2) is 7.24. The molecule has 2 amide bonds. The second-order valence-corrected chi connectivity index (χ2v) is 7.13. The summed E-state index contributed by atoms with van der Waals surface area (Å²) >= 11 is 18.0. The number of carbonyl (C=O) groups excluding carboxylic acids is 2. The third-order valence-corrected chi connectivity index (χ3v) is 5.36. The van der Waals surface area contributed by atoms with Crippen LogP contribution in [0.1, 0.15) is 12.0 Å². The van der Waals surface area contributed by atoms with E-state index in [4.69, 9.17) is 34.8 Å². The van der Waals surface area contributed by atoms with Crippen LogP contribution in [0, 0.1) is 12.8 Å². The number of hydrogen-bond donors (Lipinski definition) is 1. The quantitative estimate of drug-likeness (QED) is 0.797. The molecule has 1 aliphatic heterocycles. The first-order valence-electron chi connectivity index (χ1n) is 7.68. The predicted octanol–water partition coefficient (Wildman–Crippen LogP) is 4.95. The van der Waals surface area contributed by atoms with Crippen LogP contribution in [0.3, 0.4) is 0 Å². The van der Waals surface area contributed by atoms with Crippen molar-refractivity contribution in [2.75, 3.05) is 16.8 Å². The first-order chi connectivity index (χ1) is 11.9. The van der Waals surface area contributed by atoms with Crippen molar-refractivity contribution in [3.05, 3.63) is 57.0 Å². The Kier molecular flexibility index (Phi) is 5.23. The van der Waals surface area contributed by atoms with Crippen molar-refractivity contribution >= 4 is 58.0 Å². The monoisotopic (exact) mass is 396 g/mol. The number of halogens is 3. The topological polar surface area (TPSA) is 49.4 Å². The molecule has 1 fully saturated rings. The summed E-state index contributed by atoms with van der Waals surface area (Å²) in [7, 11) is 0. The van der Waals surface area contributed by atoms with Crippen LogP contribution in [-0.2, 0) is 9.59 Å². The van der Waals surface area contributed by atoms with Gasteiger partial charge in [0.2, 0.25) is 11.8 Å². The Labute approximate surface area is 160 Å². The molecule has 0 aliphatic carbocycles. The van der Waals surface area contributed by atoms with E-state index in [-0.39, 0.29) is 18.2 Å². The van der Waals surface area contributed by atoms with E-state index in [1.54, 1.807) is 35.2 Å². The zero-order chi connectivity index (χ0) is 18.1. The molecule has 1 heterocycles. The van der Waals surface area contributed by atoms with Crippen molar-refractivity contribution in [3.8, 4) is 0 Å². The maximum absolute atomic E-state index is 12.5. The molecule has 1 atom stereocenters. The molecule has 3 rings (SSSR count). The van der Waals surface area contributed by atoms with Crippen LogP contribution >= 0.6 is 34.8 Å². The molecule has 0 unspecified atom stereocenters. The molecule has 1 saturated heterocycles. The van der Waals surface area contributed by atoms with Gasteiger partial charge in [0.1, 0.15) is 0 Å². The lowest BCUT2D eigenvalue weighted by molar-refractivity contribution is -0.122. The van der Waals surface area contributed by atoms with Crippen molar-refractivity contribution in [1.82, 2.24) is 0 Å². The van der Waals surface area contributed by atoms with E-state index in [0.29, 0.717) is 27.3 Å². The highest BCUT2D eigenvalue weighted by molar-refractivity contribution is 6.42. The standard InChI is InChI=1S/C18H15Cl3N2O2/c1-10-13(19)3-2-4-16(10)23-9-11(7-17(23)24)18(25)22-12-5-6-14(20)15(21)8-12/h2-6,8,11H,7,9H2,1H3,(H,22,25)/t11-/m0/s1. The van der Waals surface area contributed by atoms with Gasteiger partial charge in [0, 0.05) is 29.4 Å². The summed E-state index contributed by atoms with van der Waals surface area (Å²) in [6, 6.07) is 10.3. The highest BCUT2D eigenvalue weighted by Gasteiger charge is 2.35. The minimum absolute atomic E-state index is 0.0975. The number of anilines is 2. The lowest BCUT2D eigenvalue weighted by atomic mass is 10.1. The molecular weight excluding hydrogens is 383 g/mol. The number of nitrogens with one attached hydrogen (secondary N) is 1. The first kappa shape index (κ1) is 18.1. The summed E-state index contributed by atoms with van der Waals surface area (Å²) in [6.45, 7) is 2.17. The number of amides is 2. The van der Waals surface area contributed by atoms with Crippen molar-refractivity contribution in [3.63, 3.8) is 0 Å². The molecule has 130 valence electrons. The molecule has 1 N–H and O–H groups in total. The number of rotatable bonds is 3. The summed E-state index contributed by atoms with van der Waals surface area (Å²) in [4.78, 5) is 26.5. The van der Waals surface area contributed by atoms with Gasteiger partial charge < -0.3 is 10.2 Å². The fraction of sp³-hybridized carbons (Fsp3) is 0.222. The van der Waals surface area contributed by atoms with E-state index < -0.39 is 5.92 Å². The van der Waals surface area contributed by atoms with Gasteiger partial charge in [-0.15, -0.1) is 0 Å². The SMILES string of the molecule is Cc1c(Cl)cccc1N1C[C@@H](C(=O)Nc2ccc(Cl)c(Cl)c2)CC1=O. The zero-order valence-electron chi connectivity index (χ0n) is 13.4. The summed E-state index contributed by atoms with van der Waals surface area (Å²) < 4.78 is 0. The van der Waals surface area contributed by atoms with Crippen LogP contribution in [0.25, 0.3) is 0 Å². The number of carbonyl (C=O) groups is 2. The minimum atomic E-state index is -0.444. The zero-order valence-corrected chi connectivity index (χ0v) is 15.6. The Morgan fingerprint density at radius 3 is 2.60 bits per heavy atom. The number of nitrogens with zero attached hydrogens (tertiary/aromatic N) is 1. The average Bonchev–Trinajstić information content (AvgIpc) is 2.95. The highest BCUT2D eigenvalue weighted by Crippen LogP contribution is 2.32. The largest absolute Gasteiger partial charge is 0.326 e. The molecule has 0 aromatic heterocycles. The molecule has 7 heteroatoms. The number of hydrogen-bond acceptors (Lipinski definition) is 2.